The minimum Gasteiger partial charge on any atom is -0.0384 e. The summed E-state index contributed by atoms with van der Waals surface area (Å²) in [6, 6.07) is 17.6. The number of hydrogen-bond acceptors (Lipinski definition) is 5. The van der Waals surface area contributed by atoms with Gasteiger partial charge >= 0.3 is 151 Å². The van der Waals surface area contributed by atoms with Crippen LogP contribution in [0.3, 0.4) is 0 Å². The number of methoxy groups -OCH3 is 1. The third-order valence-electron chi connectivity index (χ3n) is 8.35. The molecule has 1 saturated carbocycles. The molecule has 0 radical (unpaired) electrons. The summed E-state index contributed by atoms with van der Waals surface area (Å²) in [6.45, 7) is 0.883. The molecule has 2 aliphatic rings. The van der Waals surface area contributed by atoms with Crippen molar-refractivity contribution in [2.75, 3.05) is 26.9 Å². The standard InChI is InChI=1S/C31H45AsN2O5S/c1-32(2)31(24-9-5-4-6-10-24)25-12-14-26(15-13-25)33-30(35)23-39-22-20-27-11-7-8-21-34(27)40(36,37)29-18-16-28(38-3)17-19-29/h4-6,9-10,16-19,25-27,31H,7-8,11-15,20-23H2,1-3H3,(H,33,35). The van der Waals surface area contributed by atoms with Crippen LogP contribution >= 0.6 is 0 Å². The summed E-state index contributed by atoms with van der Waals surface area (Å²) in [6.07, 6.45) is 7.56. The van der Waals surface area contributed by atoms with Crippen molar-refractivity contribution in [3.05, 3.63) is 60.2 Å². The SMILES string of the molecule is COc1ccc(S(=O)(=O)N2CCCCC2CCOCC(=O)NC2CCC(C(c3ccccc3)[As](C)C)CC2)cc1. The van der Waals surface area contributed by atoms with E-state index in [4.69, 9.17) is 9.47 Å². The minimum absolute atomic E-state index is 0.0176. The monoisotopic (exact) mass is 632 g/mol. The molecule has 2 aromatic rings. The maximum atomic E-state index is 13.3. The number of ether oxygens (including phenoxy) is 2. The van der Waals surface area contributed by atoms with Gasteiger partial charge < -0.3 is 4.74 Å². The fourth-order valence-corrected chi connectivity index (χ4v) is 12.1. The fraction of sp³-hybridized carbons (Fsp3) is 0.581. The number of hydrogen-bond donors (Lipinski definition) is 1. The number of carbonyl (C=O) groups excluding carboxylic acids is 1. The molecule has 2 unspecified atom stereocenters. The molecule has 1 heterocycles. The predicted molar refractivity (Wildman–Crippen MR) is 161 cm³/mol. The molecule has 0 spiro atoms. The molecule has 2 atom stereocenters. The maximum Gasteiger partial charge on any atom is -0.0186 e. The maximum absolute atomic E-state index is 13.3. The number of benzene rings is 2. The normalized spacial score (nSPS) is 23.1. The molecular weight excluding hydrogens is 587 g/mol. The number of carbonyl (C=O) groups is 1. The summed E-state index contributed by atoms with van der Waals surface area (Å²) in [4.78, 5) is 12.9. The van der Waals surface area contributed by atoms with E-state index in [1.165, 1.54) is 5.56 Å². The zero-order valence-electron chi connectivity index (χ0n) is 24.1. The van der Waals surface area contributed by atoms with Crippen molar-refractivity contribution in [1.29, 1.82) is 0 Å². The van der Waals surface area contributed by atoms with Gasteiger partial charge in [-0.3, -0.25) is 0 Å². The van der Waals surface area contributed by atoms with Crippen molar-refractivity contribution < 1.29 is 22.7 Å². The first-order valence-corrected chi connectivity index (χ1v) is 20.8. The van der Waals surface area contributed by atoms with Crippen molar-refractivity contribution >= 4 is 30.6 Å². The van der Waals surface area contributed by atoms with Gasteiger partial charge in [-0.1, -0.05) is 6.42 Å². The molecule has 1 amide bonds. The molecule has 7 nitrogen and oxygen atoms in total. The molecule has 9 heteroatoms. The molecule has 40 heavy (non-hydrogen) atoms. The van der Waals surface area contributed by atoms with Gasteiger partial charge in [0.2, 0.25) is 10.0 Å². The Morgan fingerprint density at radius 3 is 2.35 bits per heavy atom. The fourth-order valence-electron chi connectivity index (χ4n) is 6.34. The molecule has 0 aromatic heterocycles. The van der Waals surface area contributed by atoms with Crippen LogP contribution in [0.25, 0.3) is 0 Å². The Balaban J connectivity index is 1.20. The predicted octanol–water partition coefficient (Wildman–Crippen LogP) is 5.40. The Kier molecular flexibility index (Phi) is 11.5. The van der Waals surface area contributed by atoms with Crippen LogP contribution in [0.1, 0.15) is 61.6 Å². The number of nitrogens with zero attached hydrogens (tertiary/aromatic N) is 1. The van der Waals surface area contributed by atoms with Crippen molar-refractivity contribution in [3.63, 3.8) is 0 Å². The van der Waals surface area contributed by atoms with E-state index < -0.39 is 24.7 Å². The summed E-state index contributed by atoms with van der Waals surface area (Å²) in [5.41, 5.74) is 6.40. The number of nitrogens with one attached hydrogen (secondary N) is 1. The second kappa shape index (κ2) is 14.9. The molecule has 1 saturated heterocycles. The molecule has 220 valence electrons. The number of rotatable bonds is 12. The molecule has 1 N–H and O–H groups in total. The van der Waals surface area contributed by atoms with E-state index in [2.05, 4.69) is 47.1 Å². The Morgan fingerprint density at radius 2 is 1.70 bits per heavy atom. The van der Waals surface area contributed by atoms with Gasteiger partial charge in [0.1, 0.15) is 5.75 Å². The summed E-state index contributed by atoms with van der Waals surface area (Å²) < 4.78 is 39.9. The number of sulfonamides is 1. The second-order valence-electron chi connectivity index (χ2n) is 11.3. The Morgan fingerprint density at radius 1 is 1.00 bits per heavy atom. The van der Waals surface area contributed by atoms with E-state index >= 15 is 0 Å². The van der Waals surface area contributed by atoms with E-state index in [-0.39, 0.29) is 29.5 Å². The summed E-state index contributed by atoms with van der Waals surface area (Å²) in [7, 11) is -2.04. The van der Waals surface area contributed by atoms with E-state index in [0.717, 1.165) is 44.9 Å². The van der Waals surface area contributed by atoms with Gasteiger partial charge in [-0.05, 0) is 37.1 Å². The van der Waals surface area contributed by atoms with Crippen LogP contribution in [0.15, 0.2) is 59.5 Å². The summed E-state index contributed by atoms with van der Waals surface area (Å²) >= 11 is -0.929. The van der Waals surface area contributed by atoms with Crippen LogP contribution in [0, 0.1) is 5.92 Å². The first kappa shape index (κ1) is 31.1. The van der Waals surface area contributed by atoms with E-state index in [0.29, 0.717) is 35.9 Å². The topological polar surface area (TPSA) is 84.9 Å². The smallest absolute Gasteiger partial charge is 0.0186 e. The first-order chi connectivity index (χ1) is 19.3. The zero-order valence-corrected chi connectivity index (χ0v) is 26.8. The summed E-state index contributed by atoms with van der Waals surface area (Å²) in [5.74, 6) is 1.25. The van der Waals surface area contributed by atoms with E-state index in [1.54, 1.807) is 35.7 Å². The first-order valence-electron chi connectivity index (χ1n) is 14.5. The molecule has 1 aliphatic heterocycles. The summed E-state index contributed by atoms with van der Waals surface area (Å²) in [5, 5.41) is 3.18. The Bertz CT molecular complexity index is 1170. The largest absolute Gasteiger partial charge is 0.0384 e. The van der Waals surface area contributed by atoms with E-state index in [9.17, 15) is 13.2 Å². The number of piperidine rings is 1. The van der Waals surface area contributed by atoms with Crippen LogP contribution in [0.2, 0.25) is 11.4 Å². The van der Waals surface area contributed by atoms with Crippen molar-refractivity contribution in [2.24, 2.45) is 5.92 Å². The van der Waals surface area contributed by atoms with Gasteiger partial charge in [0, 0.05) is 6.54 Å². The average Bonchev–Trinajstić information content (AvgIpc) is 2.97. The van der Waals surface area contributed by atoms with Crippen molar-refractivity contribution in [1.82, 2.24) is 9.62 Å². The van der Waals surface area contributed by atoms with Crippen LogP contribution in [0.5, 0.6) is 5.75 Å². The molecule has 1 aliphatic carbocycles. The molecule has 2 aromatic carbocycles. The van der Waals surface area contributed by atoms with Crippen LogP contribution in [-0.2, 0) is 19.6 Å². The zero-order chi connectivity index (χ0) is 28.5. The van der Waals surface area contributed by atoms with Gasteiger partial charge in [-0.25, -0.2) is 8.42 Å². The van der Waals surface area contributed by atoms with Crippen molar-refractivity contribution in [2.45, 2.75) is 84.5 Å². The third kappa shape index (κ3) is 8.12. The van der Waals surface area contributed by atoms with Gasteiger partial charge in [0.25, 0.3) is 0 Å². The average molecular weight is 633 g/mol. The van der Waals surface area contributed by atoms with Gasteiger partial charge in [0.15, 0.2) is 0 Å². The van der Waals surface area contributed by atoms with Crippen LogP contribution in [0.4, 0.5) is 0 Å². The van der Waals surface area contributed by atoms with Crippen molar-refractivity contribution in [3.8, 4) is 5.75 Å². The molecular formula is C31H45AsN2O5S. The molecule has 2 fully saturated rings. The Labute approximate surface area is 245 Å². The van der Waals surface area contributed by atoms with E-state index in [1.807, 2.05) is 0 Å². The molecule has 4 rings (SSSR count). The molecule has 0 bridgehead atoms. The number of amides is 1. The third-order valence-corrected chi connectivity index (χ3v) is 14.2. The van der Waals surface area contributed by atoms with Crippen LogP contribution in [-0.4, -0.2) is 72.2 Å². The van der Waals surface area contributed by atoms with Gasteiger partial charge in [-0.15, -0.1) is 0 Å². The quantitative estimate of drug-likeness (QED) is 0.250. The van der Waals surface area contributed by atoms with Crippen LogP contribution < -0.4 is 10.1 Å². The minimum atomic E-state index is -3.60. The van der Waals surface area contributed by atoms with Gasteiger partial charge in [-0.2, -0.15) is 4.31 Å². The second-order valence-corrected chi connectivity index (χ2v) is 18.4. The Hall–Kier alpha value is -1.86. The van der Waals surface area contributed by atoms with Gasteiger partial charge in [0.05, 0.1) is 12.0 Å².